The summed E-state index contributed by atoms with van der Waals surface area (Å²) in [5, 5.41) is 4.18. The number of hydrogen-bond donors (Lipinski definition) is 0. The Bertz CT molecular complexity index is 1190. The Kier molecular flexibility index (Phi) is 4.35. The van der Waals surface area contributed by atoms with E-state index in [1.54, 1.807) is 0 Å². The Morgan fingerprint density at radius 1 is 0.688 bits per heavy atom. The van der Waals surface area contributed by atoms with Crippen molar-refractivity contribution < 1.29 is 14.3 Å². The number of carbonyl (C=O) groups excluding carboxylic acids is 2. The van der Waals surface area contributed by atoms with Crippen molar-refractivity contribution in [2.75, 3.05) is 5.01 Å². The first-order chi connectivity index (χ1) is 15.7. The summed E-state index contributed by atoms with van der Waals surface area (Å²) in [6.07, 6.45) is 2.90. The zero-order chi connectivity index (χ0) is 21.7. The summed E-state index contributed by atoms with van der Waals surface area (Å²) in [7, 11) is 0. The molecule has 3 aromatic carbocycles. The van der Waals surface area contributed by atoms with Gasteiger partial charge in [0.15, 0.2) is 6.04 Å². The lowest BCUT2D eigenvalue weighted by Crippen LogP contribution is -2.52. The second-order valence-electron chi connectivity index (χ2n) is 8.46. The molecule has 0 bridgehead atoms. The molecule has 2 saturated heterocycles. The fourth-order valence-corrected chi connectivity index (χ4v) is 5.33. The summed E-state index contributed by atoms with van der Waals surface area (Å²) in [4.78, 5) is 25.9. The molecule has 3 aliphatic heterocycles. The molecule has 5 nitrogen and oxygen atoms in total. The van der Waals surface area contributed by atoms with Crippen LogP contribution in [0.4, 0.5) is 5.69 Å². The quantitative estimate of drug-likeness (QED) is 0.456. The van der Waals surface area contributed by atoms with E-state index in [1.807, 2.05) is 83.9 Å². The van der Waals surface area contributed by atoms with Crippen LogP contribution in [0.15, 0.2) is 103 Å². The summed E-state index contributed by atoms with van der Waals surface area (Å²) in [5.74, 6) is -1.69. The van der Waals surface area contributed by atoms with Crippen molar-refractivity contribution in [1.29, 1.82) is 0 Å². The number of anilines is 1. The predicted octanol–water partition coefficient (Wildman–Crippen LogP) is 4.60. The fourth-order valence-electron chi connectivity index (χ4n) is 5.33. The number of benzene rings is 3. The molecule has 0 spiro atoms. The van der Waals surface area contributed by atoms with Crippen LogP contribution in [0.5, 0.6) is 0 Å². The first-order valence-electron chi connectivity index (χ1n) is 10.9. The van der Waals surface area contributed by atoms with Gasteiger partial charge in [0, 0.05) is 18.0 Å². The van der Waals surface area contributed by atoms with E-state index < -0.39 is 23.9 Å². The van der Waals surface area contributed by atoms with E-state index in [0.29, 0.717) is 0 Å². The molecule has 3 aliphatic rings. The lowest BCUT2D eigenvalue weighted by molar-refractivity contribution is -0.153. The summed E-state index contributed by atoms with van der Waals surface area (Å²) in [5.41, 5.74) is 4.21. The molecular weight excluding hydrogens is 400 g/mol. The lowest BCUT2D eigenvalue weighted by atomic mass is 9.79. The minimum absolute atomic E-state index is 0.0172. The highest BCUT2D eigenvalue weighted by molar-refractivity contribution is 6.00. The number of para-hydroxylation sites is 1. The molecule has 0 amide bonds. The van der Waals surface area contributed by atoms with Gasteiger partial charge < -0.3 is 4.74 Å². The van der Waals surface area contributed by atoms with Crippen LogP contribution in [0.25, 0.3) is 0 Å². The summed E-state index contributed by atoms with van der Waals surface area (Å²) in [6.45, 7) is 0. The van der Waals surface area contributed by atoms with Crippen LogP contribution in [0, 0.1) is 5.92 Å². The van der Waals surface area contributed by atoms with Crippen molar-refractivity contribution in [1.82, 2.24) is 5.01 Å². The van der Waals surface area contributed by atoms with Gasteiger partial charge in [0.2, 0.25) is 0 Å². The van der Waals surface area contributed by atoms with E-state index in [9.17, 15) is 9.59 Å². The first kappa shape index (κ1) is 18.9. The fraction of sp³-hybridized carbons (Fsp3) is 0.185. The normalized spacial score (nSPS) is 26.4. The van der Waals surface area contributed by atoms with E-state index in [-0.39, 0.29) is 12.0 Å². The number of fused-ring (bicyclic) bond motifs is 3. The largest absolute Gasteiger partial charge is 0.391 e. The molecule has 0 aromatic heterocycles. The number of cyclic esters (lactones) is 2. The highest BCUT2D eigenvalue weighted by Gasteiger charge is 2.58. The zero-order valence-electron chi connectivity index (χ0n) is 17.4. The van der Waals surface area contributed by atoms with Crippen LogP contribution in [-0.4, -0.2) is 23.0 Å². The second-order valence-corrected chi connectivity index (χ2v) is 8.46. The van der Waals surface area contributed by atoms with Crippen molar-refractivity contribution in [3.8, 4) is 0 Å². The minimum Gasteiger partial charge on any atom is -0.391 e. The molecule has 0 aliphatic carbocycles. The highest BCUT2D eigenvalue weighted by Crippen LogP contribution is 2.51. The first-order valence-corrected chi connectivity index (χ1v) is 10.9. The molecule has 0 radical (unpaired) electrons. The smallest absolute Gasteiger partial charge is 0.339 e. The number of allylic oxidation sites excluding steroid dienone is 1. The van der Waals surface area contributed by atoms with Crippen molar-refractivity contribution in [2.24, 2.45) is 5.92 Å². The van der Waals surface area contributed by atoms with Crippen LogP contribution in [-0.2, 0) is 14.3 Å². The van der Waals surface area contributed by atoms with Crippen LogP contribution in [0.1, 0.15) is 29.5 Å². The van der Waals surface area contributed by atoms with Crippen molar-refractivity contribution in [3.63, 3.8) is 0 Å². The molecule has 0 N–H and O–H groups in total. The van der Waals surface area contributed by atoms with Crippen LogP contribution >= 0.6 is 0 Å². The topological polar surface area (TPSA) is 49.9 Å². The monoisotopic (exact) mass is 422 g/mol. The molecule has 4 atom stereocenters. The van der Waals surface area contributed by atoms with Gasteiger partial charge in [0.25, 0.3) is 0 Å². The summed E-state index contributed by atoms with van der Waals surface area (Å²) >= 11 is 0. The van der Waals surface area contributed by atoms with Gasteiger partial charge in [-0.25, -0.2) is 4.79 Å². The summed E-state index contributed by atoms with van der Waals surface area (Å²) < 4.78 is 5.21. The lowest BCUT2D eigenvalue weighted by Gasteiger charge is -2.43. The Labute approximate surface area is 186 Å². The van der Waals surface area contributed by atoms with Crippen LogP contribution < -0.4 is 5.01 Å². The third kappa shape index (κ3) is 2.85. The van der Waals surface area contributed by atoms with Gasteiger partial charge in [-0.3, -0.25) is 14.8 Å². The van der Waals surface area contributed by atoms with Gasteiger partial charge in [-0.2, -0.15) is 0 Å². The number of nitrogens with zero attached hydrogens (tertiary/aromatic N) is 2. The molecule has 3 aromatic rings. The number of carbonyl (C=O) groups is 2. The maximum absolute atomic E-state index is 13.0. The van der Waals surface area contributed by atoms with Gasteiger partial charge in [-0.1, -0.05) is 84.9 Å². The number of hydrogen-bond acceptors (Lipinski definition) is 5. The minimum atomic E-state index is -0.679. The average molecular weight is 422 g/mol. The molecule has 158 valence electrons. The maximum Gasteiger partial charge on any atom is 0.339 e. The second kappa shape index (κ2) is 7.38. The Hall–Kier alpha value is -3.86. The Balaban J connectivity index is 1.53. The average Bonchev–Trinajstić information content (AvgIpc) is 3.37. The number of ether oxygens (including phenoxy) is 1. The Morgan fingerprint density at radius 3 is 1.94 bits per heavy atom. The van der Waals surface area contributed by atoms with E-state index in [4.69, 9.17) is 4.74 Å². The molecule has 5 heteroatoms. The molecule has 3 heterocycles. The highest BCUT2D eigenvalue weighted by atomic mass is 16.6. The number of esters is 2. The molecule has 32 heavy (non-hydrogen) atoms. The Morgan fingerprint density at radius 2 is 1.28 bits per heavy atom. The zero-order valence-corrected chi connectivity index (χ0v) is 17.4. The van der Waals surface area contributed by atoms with Crippen LogP contribution in [0.3, 0.4) is 0 Å². The van der Waals surface area contributed by atoms with Crippen LogP contribution in [0.2, 0.25) is 0 Å². The SMILES string of the molecule is O=C1OC(=O)C2C1C(c1ccccc1)C=C1CC(c3ccccc3)N(c3ccccc3)N12. The van der Waals surface area contributed by atoms with Crippen molar-refractivity contribution in [3.05, 3.63) is 114 Å². The van der Waals surface area contributed by atoms with Gasteiger partial charge in [0.05, 0.1) is 11.7 Å². The summed E-state index contributed by atoms with van der Waals surface area (Å²) in [6, 6.07) is 29.6. The maximum atomic E-state index is 13.0. The van der Waals surface area contributed by atoms with Gasteiger partial charge in [-0.05, 0) is 23.3 Å². The van der Waals surface area contributed by atoms with Gasteiger partial charge in [0.1, 0.15) is 5.92 Å². The third-order valence-electron chi connectivity index (χ3n) is 6.69. The molecule has 4 unspecified atom stereocenters. The van der Waals surface area contributed by atoms with E-state index in [2.05, 4.69) is 23.2 Å². The number of hydrazine groups is 1. The third-order valence-corrected chi connectivity index (χ3v) is 6.69. The van der Waals surface area contributed by atoms with Gasteiger partial charge >= 0.3 is 11.9 Å². The van der Waals surface area contributed by atoms with E-state index in [0.717, 1.165) is 28.9 Å². The standard InChI is InChI=1S/C27H22N2O3/c30-26-24-22(18-10-4-1-5-11-18)16-21-17-23(19-12-6-2-7-13-19)28(20-14-8-3-9-15-20)29(21)25(24)27(31)32-26/h1-16,22-25H,17H2. The molecule has 2 fully saturated rings. The molecule has 6 rings (SSSR count). The van der Waals surface area contributed by atoms with Crippen molar-refractivity contribution in [2.45, 2.75) is 24.4 Å². The van der Waals surface area contributed by atoms with E-state index in [1.165, 1.54) is 0 Å². The molecular formula is C27H22N2O3. The van der Waals surface area contributed by atoms with E-state index >= 15 is 0 Å². The number of rotatable bonds is 3. The predicted molar refractivity (Wildman–Crippen MR) is 120 cm³/mol. The van der Waals surface area contributed by atoms with Crippen molar-refractivity contribution >= 4 is 17.6 Å². The van der Waals surface area contributed by atoms with Gasteiger partial charge in [-0.15, -0.1) is 0 Å². The molecule has 0 saturated carbocycles.